The summed E-state index contributed by atoms with van der Waals surface area (Å²) in [7, 11) is 0. The summed E-state index contributed by atoms with van der Waals surface area (Å²) < 4.78 is 2.16. The van der Waals surface area contributed by atoms with Crippen LogP contribution in [0.1, 0.15) is 75.8 Å². The van der Waals surface area contributed by atoms with Crippen LogP contribution < -0.4 is 9.80 Å². The highest BCUT2D eigenvalue weighted by Gasteiger charge is 2.42. The van der Waals surface area contributed by atoms with Gasteiger partial charge in [-0.1, -0.05) is 108 Å². The smallest absolute Gasteiger partial charge is 0.0465 e. The van der Waals surface area contributed by atoms with Crippen LogP contribution >= 0.6 is 31.9 Å². The van der Waals surface area contributed by atoms with E-state index in [1.165, 1.54) is 78.4 Å². The van der Waals surface area contributed by atoms with Gasteiger partial charge in [0.25, 0.3) is 0 Å². The van der Waals surface area contributed by atoms with Crippen LogP contribution in [0.25, 0.3) is 22.3 Å². The lowest BCUT2D eigenvalue weighted by Crippen LogP contribution is -2.24. The molecule has 0 spiro atoms. The molecule has 0 aliphatic heterocycles. The molecule has 0 aromatic heterocycles. The van der Waals surface area contributed by atoms with Gasteiger partial charge in [-0.05, 0) is 168 Å². The second kappa shape index (κ2) is 13.2. The molecule has 0 bridgehead atoms. The van der Waals surface area contributed by atoms with Gasteiger partial charge in [-0.15, -0.1) is 0 Å². The van der Waals surface area contributed by atoms with Crippen molar-refractivity contribution in [3.05, 3.63) is 182 Å². The zero-order chi connectivity index (χ0) is 38.4. The third kappa shape index (κ3) is 5.95. The second-order valence-electron chi connectivity index (χ2n) is 16.8. The minimum Gasteiger partial charge on any atom is -0.314 e. The Morgan fingerprint density at radius 3 is 1.35 bits per heavy atom. The Bertz CT molecular complexity index is 2510. The molecule has 0 amide bonds. The Morgan fingerprint density at radius 1 is 0.473 bits per heavy atom. The van der Waals surface area contributed by atoms with Crippen molar-refractivity contribution in [1.29, 1.82) is 0 Å². The van der Waals surface area contributed by atoms with Crippen LogP contribution in [-0.2, 0) is 10.8 Å². The minimum atomic E-state index is -0.172. The summed E-state index contributed by atoms with van der Waals surface area (Å²) in [6.07, 6.45) is 5.69. The highest BCUT2D eigenvalue weighted by atomic mass is 79.9. The maximum Gasteiger partial charge on any atom is 0.0465 e. The van der Waals surface area contributed by atoms with Gasteiger partial charge in [-0.25, -0.2) is 0 Å². The van der Waals surface area contributed by atoms with Crippen LogP contribution in [0.15, 0.2) is 154 Å². The Kier molecular flexibility index (Phi) is 8.67. The summed E-state index contributed by atoms with van der Waals surface area (Å²) >= 11 is 7.31. The summed E-state index contributed by atoms with van der Waals surface area (Å²) in [6, 6.07) is 45.6. The summed E-state index contributed by atoms with van der Waals surface area (Å²) in [5, 5.41) is 0. The summed E-state index contributed by atoms with van der Waals surface area (Å²) in [6.45, 7) is 16.4. The molecule has 1 unspecified atom stereocenters. The number of hydrogen-bond donors (Lipinski definition) is 0. The molecule has 0 heterocycles. The molecule has 2 nitrogen and oxygen atoms in total. The van der Waals surface area contributed by atoms with Crippen LogP contribution in [0.5, 0.6) is 0 Å². The maximum atomic E-state index is 3.67. The molecule has 0 saturated heterocycles. The van der Waals surface area contributed by atoms with E-state index in [0.717, 1.165) is 26.7 Å². The fourth-order valence-electron chi connectivity index (χ4n) is 9.33. The number of nitrogens with zero attached hydrogens (tertiary/aromatic N) is 2. The molecule has 55 heavy (non-hydrogen) atoms. The van der Waals surface area contributed by atoms with Crippen LogP contribution in [0.4, 0.5) is 28.4 Å². The number of fused-ring (bicyclic) bond motifs is 6. The van der Waals surface area contributed by atoms with Crippen molar-refractivity contribution in [2.45, 2.75) is 65.7 Å². The van der Waals surface area contributed by atoms with E-state index in [2.05, 4.69) is 224 Å². The van der Waals surface area contributed by atoms with Crippen molar-refractivity contribution in [2.24, 2.45) is 5.92 Å². The van der Waals surface area contributed by atoms with Gasteiger partial charge >= 0.3 is 0 Å². The molecule has 9 rings (SSSR count). The molecular weight excluding hydrogens is 800 g/mol. The molecule has 0 N–H and O–H groups in total. The number of aryl methyl sites for hydroxylation is 1. The van der Waals surface area contributed by atoms with Gasteiger partial charge < -0.3 is 9.80 Å². The number of halogens is 2. The first kappa shape index (κ1) is 36.0. The lowest BCUT2D eigenvalue weighted by atomic mass is 9.79. The van der Waals surface area contributed by atoms with Gasteiger partial charge in [0.2, 0.25) is 0 Å². The van der Waals surface area contributed by atoms with Crippen LogP contribution in [0.2, 0.25) is 0 Å². The van der Waals surface area contributed by atoms with Crippen molar-refractivity contribution < 1.29 is 0 Å². The molecule has 3 aliphatic carbocycles. The van der Waals surface area contributed by atoms with E-state index >= 15 is 0 Å². The molecule has 0 radical (unpaired) electrons. The van der Waals surface area contributed by atoms with Gasteiger partial charge in [-0.3, -0.25) is 0 Å². The second-order valence-corrected chi connectivity index (χ2v) is 18.7. The first-order chi connectivity index (χ1) is 26.3. The molecule has 6 aromatic carbocycles. The lowest BCUT2D eigenvalue weighted by molar-refractivity contribution is 0.645. The molecule has 3 aliphatic rings. The third-order valence-corrected chi connectivity index (χ3v) is 13.4. The first-order valence-corrected chi connectivity index (χ1v) is 20.9. The van der Waals surface area contributed by atoms with E-state index in [4.69, 9.17) is 0 Å². The SMILES string of the molecule is CC1=CC=C(N(c2ccc(Br)cc2)c2ccc3c(c2)C(C)(C)c2cc4c(cc2-3)C(C)(C)c2cc(N(c3ccc(C)cc3)c3ccc(Br)cc3)ccc2-4)C(C)C1. The van der Waals surface area contributed by atoms with E-state index in [-0.39, 0.29) is 10.8 Å². The fourth-order valence-corrected chi connectivity index (χ4v) is 9.86. The summed E-state index contributed by atoms with van der Waals surface area (Å²) in [4.78, 5) is 4.85. The van der Waals surface area contributed by atoms with E-state index in [1.807, 2.05) is 0 Å². The van der Waals surface area contributed by atoms with Crippen LogP contribution in [0, 0.1) is 12.8 Å². The Morgan fingerprint density at radius 2 is 0.873 bits per heavy atom. The molecule has 1 atom stereocenters. The average molecular weight is 847 g/mol. The van der Waals surface area contributed by atoms with Gasteiger partial charge in [-0.2, -0.15) is 0 Å². The normalized spacial score (nSPS) is 17.1. The van der Waals surface area contributed by atoms with Gasteiger partial charge in [0.05, 0.1) is 0 Å². The Hall–Kier alpha value is -4.64. The zero-order valence-corrected chi connectivity index (χ0v) is 35.8. The summed E-state index contributed by atoms with van der Waals surface area (Å²) in [5.74, 6) is 0.414. The molecule has 6 aromatic rings. The van der Waals surface area contributed by atoms with Crippen molar-refractivity contribution >= 4 is 60.3 Å². The highest BCUT2D eigenvalue weighted by Crippen LogP contribution is 2.57. The predicted octanol–water partition coefficient (Wildman–Crippen LogP) is 15.6. The van der Waals surface area contributed by atoms with E-state index < -0.39 is 0 Å². The number of benzene rings is 6. The van der Waals surface area contributed by atoms with Crippen LogP contribution in [0.3, 0.4) is 0 Å². The zero-order valence-electron chi connectivity index (χ0n) is 32.6. The Labute approximate surface area is 343 Å². The average Bonchev–Trinajstić information content (AvgIpc) is 3.52. The van der Waals surface area contributed by atoms with E-state index in [0.29, 0.717) is 5.92 Å². The predicted molar refractivity (Wildman–Crippen MR) is 241 cm³/mol. The van der Waals surface area contributed by atoms with Crippen molar-refractivity contribution in [3.8, 4) is 22.3 Å². The molecule has 274 valence electrons. The first-order valence-electron chi connectivity index (χ1n) is 19.4. The molecule has 4 heteroatoms. The molecule has 0 fully saturated rings. The molecule has 0 saturated carbocycles. The number of rotatable bonds is 6. The summed E-state index contributed by atoms with van der Waals surface area (Å²) in [5.41, 5.74) is 20.5. The monoisotopic (exact) mass is 844 g/mol. The minimum absolute atomic E-state index is 0.166. The number of hydrogen-bond acceptors (Lipinski definition) is 2. The van der Waals surface area contributed by atoms with Crippen molar-refractivity contribution in [2.75, 3.05) is 9.80 Å². The van der Waals surface area contributed by atoms with E-state index in [9.17, 15) is 0 Å². The third-order valence-electron chi connectivity index (χ3n) is 12.3. The van der Waals surface area contributed by atoms with Crippen molar-refractivity contribution in [1.82, 2.24) is 0 Å². The Balaban J connectivity index is 1.14. The van der Waals surface area contributed by atoms with Crippen molar-refractivity contribution in [3.63, 3.8) is 0 Å². The highest BCUT2D eigenvalue weighted by molar-refractivity contribution is 9.10. The standard InChI is InChI=1S/C51H46Br2N2/c1-31-8-15-36(16-9-31)54(37-17-11-34(52)12-18-37)39-21-23-41-43-29-48-44(30-47(43)50(4,5)45(41)27-39)42-24-22-40(28-46(42)51(48,6)7)55(38-19-13-35(53)14-20-38)49-25-10-32(2)26-33(49)3/h8-25,27-30,33H,26H2,1-7H3. The van der Waals surface area contributed by atoms with Gasteiger partial charge in [0.15, 0.2) is 0 Å². The number of anilines is 5. The number of allylic oxidation sites excluding steroid dienone is 4. The lowest BCUT2D eigenvalue weighted by Gasteiger charge is -2.34. The van der Waals surface area contributed by atoms with Gasteiger partial charge in [0.1, 0.15) is 0 Å². The quantitative estimate of drug-likeness (QED) is 0.165. The topological polar surface area (TPSA) is 6.48 Å². The van der Waals surface area contributed by atoms with Gasteiger partial charge in [0, 0.05) is 59.8 Å². The fraction of sp³-hybridized carbons (Fsp3) is 0.216. The molecular formula is C51H46Br2N2. The van der Waals surface area contributed by atoms with E-state index in [1.54, 1.807) is 0 Å². The van der Waals surface area contributed by atoms with Crippen LogP contribution in [-0.4, -0.2) is 0 Å². The largest absolute Gasteiger partial charge is 0.314 e. The maximum absolute atomic E-state index is 3.67.